The molecule has 3 fully saturated rings. The Morgan fingerprint density at radius 1 is 1.40 bits per heavy atom. The van der Waals surface area contributed by atoms with Crippen LogP contribution >= 0.6 is 0 Å². The lowest BCUT2D eigenvalue weighted by molar-refractivity contribution is -0.118. The molecule has 1 N–H and O–H groups in total. The van der Waals surface area contributed by atoms with Crippen LogP contribution in [0, 0.1) is 11.8 Å². The average molecular weight is 338 g/mol. The molecule has 0 radical (unpaired) electrons. The third-order valence-corrected chi connectivity index (χ3v) is 7.50. The van der Waals surface area contributed by atoms with Gasteiger partial charge in [-0.05, 0) is 43.9 Å². The van der Waals surface area contributed by atoms with Gasteiger partial charge in [0.2, 0.25) is 5.91 Å². The first-order valence-electron chi connectivity index (χ1n) is 9.52. The van der Waals surface area contributed by atoms with Crippen molar-refractivity contribution in [2.45, 2.75) is 44.2 Å². The van der Waals surface area contributed by atoms with Gasteiger partial charge in [0.25, 0.3) is 0 Å². The Morgan fingerprint density at radius 2 is 2.20 bits per heavy atom. The molecule has 1 aromatic rings. The number of fused-ring (bicyclic) bond motifs is 2. The van der Waals surface area contributed by atoms with Crippen molar-refractivity contribution in [1.82, 2.24) is 4.90 Å². The Hall–Kier alpha value is -1.65. The molecule has 0 aromatic heterocycles. The van der Waals surface area contributed by atoms with E-state index in [0.29, 0.717) is 12.0 Å². The maximum absolute atomic E-state index is 12.7. The number of piperidine rings is 1. The smallest absolute Gasteiger partial charge is 0.224 e. The topological polar surface area (TPSA) is 43.8 Å². The summed E-state index contributed by atoms with van der Waals surface area (Å²) in [6, 6.07) is 9.04. The van der Waals surface area contributed by atoms with Crippen LogP contribution < -0.4 is 4.90 Å². The first-order chi connectivity index (χ1) is 12.1. The maximum Gasteiger partial charge on any atom is 0.224 e. The minimum atomic E-state index is -0.00850. The number of para-hydroxylation sites is 1. The first-order valence-corrected chi connectivity index (χ1v) is 9.52. The first kappa shape index (κ1) is 15.6. The summed E-state index contributed by atoms with van der Waals surface area (Å²) < 4.78 is 0. The van der Waals surface area contributed by atoms with Gasteiger partial charge in [0, 0.05) is 43.1 Å². The molecule has 3 heterocycles. The van der Waals surface area contributed by atoms with Crippen molar-refractivity contribution in [3.05, 3.63) is 41.5 Å². The third-order valence-electron chi connectivity index (χ3n) is 7.50. The van der Waals surface area contributed by atoms with Gasteiger partial charge in [-0.3, -0.25) is 9.69 Å². The summed E-state index contributed by atoms with van der Waals surface area (Å²) in [6.45, 7) is 6.06. The van der Waals surface area contributed by atoms with Crippen molar-refractivity contribution >= 4 is 11.6 Å². The zero-order valence-corrected chi connectivity index (χ0v) is 15.0. The summed E-state index contributed by atoms with van der Waals surface area (Å²) in [7, 11) is 0. The molecule has 1 aromatic carbocycles. The van der Waals surface area contributed by atoms with E-state index in [1.807, 2.05) is 11.0 Å². The van der Waals surface area contributed by atoms with Crippen molar-refractivity contribution in [3.63, 3.8) is 0 Å². The van der Waals surface area contributed by atoms with Crippen LogP contribution in [0.2, 0.25) is 0 Å². The number of carbonyl (C=O) groups excluding carboxylic acids is 1. The molecular formula is C21H26N2O2. The number of hydrogen-bond donors (Lipinski definition) is 1. The number of carbonyl (C=O) groups is 1. The van der Waals surface area contributed by atoms with Crippen molar-refractivity contribution in [3.8, 4) is 0 Å². The van der Waals surface area contributed by atoms with Gasteiger partial charge in [0.1, 0.15) is 0 Å². The van der Waals surface area contributed by atoms with Crippen LogP contribution in [0.5, 0.6) is 0 Å². The highest BCUT2D eigenvalue weighted by Crippen LogP contribution is 2.63. The van der Waals surface area contributed by atoms with E-state index < -0.39 is 0 Å². The number of hydrogen-bond acceptors (Lipinski definition) is 3. The molecule has 1 unspecified atom stereocenters. The zero-order valence-electron chi connectivity index (χ0n) is 15.0. The van der Waals surface area contributed by atoms with Crippen molar-refractivity contribution in [2.24, 2.45) is 11.8 Å². The van der Waals surface area contributed by atoms with Gasteiger partial charge in [-0.2, -0.15) is 0 Å². The molecule has 5 atom stereocenters. The lowest BCUT2D eigenvalue weighted by Gasteiger charge is -2.56. The van der Waals surface area contributed by atoms with Crippen molar-refractivity contribution < 1.29 is 9.90 Å². The molecule has 4 nitrogen and oxygen atoms in total. The van der Waals surface area contributed by atoms with E-state index in [1.165, 1.54) is 11.1 Å². The average Bonchev–Trinajstić information content (AvgIpc) is 3.15. The summed E-state index contributed by atoms with van der Waals surface area (Å²) >= 11 is 0. The number of aliphatic hydroxyl groups excluding tert-OH is 1. The van der Waals surface area contributed by atoms with Crippen LogP contribution in [0.1, 0.15) is 32.3 Å². The second-order valence-electron chi connectivity index (χ2n) is 8.18. The molecule has 1 amide bonds. The highest BCUT2D eigenvalue weighted by Gasteiger charge is 2.67. The van der Waals surface area contributed by atoms with E-state index in [-0.39, 0.29) is 29.9 Å². The van der Waals surface area contributed by atoms with E-state index in [1.54, 1.807) is 6.92 Å². The number of benzene rings is 1. The van der Waals surface area contributed by atoms with Gasteiger partial charge >= 0.3 is 0 Å². The van der Waals surface area contributed by atoms with Gasteiger partial charge in [-0.1, -0.05) is 29.8 Å². The molecule has 3 aliphatic heterocycles. The lowest BCUT2D eigenvalue weighted by Crippen LogP contribution is -2.65. The van der Waals surface area contributed by atoms with Gasteiger partial charge in [-0.15, -0.1) is 0 Å². The molecule has 25 heavy (non-hydrogen) atoms. The second kappa shape index (κ2) is 5.18. The van der Waals surface area contributed by atoms with Crippen LogP contribution in [-0.4, -0.2) is 47.7 Å². The fourth-order valence-electron chi connectivity index (χ4n) is 6.69. The molecule has 2 saturated heterocycles. The van der Waals surface area contributed by atoms with Gasteiger partial charge in [-0.25, -0.2) is 0 Å². The third kappa shape index (κ3) is 1.72. The Kier molecular flexibility index (Phi) is 3.23. The number of allylic oxidation sites excluding steroid dienone is 1. The van der Waals surface area contributed by atoms with Crippen LogP contribution in [0.4, 0.5) is 5.69 Å². The summed E-state index contributed by atoms with van der Waals surface area (Å²) in [4.78, 5) is 17.3. The zero-order chi connectivity index (χ0) is 17.3. The van der Waals surface area contributed by atoms with Gasteiger partial charge in [0.15, 0.2) is 0 Å². The molecule has 4 aliphatic rings. The molecule has 132 valence electrons. The fourth-order valence-corrected chi connectivity index (χ4v) is 6.69. The monoisotopic (exact) mass is 338 g/mol. The highest BCUT2D eigenvalue weighted by atomic mass is 16.3. The van der Waals surface area contributed by atoms with Crippen molar-refractivity contribution in [1.29, 1.82) is 0 Å². The lowest BCUT2D eigenvalue weighted by atomic mass is 9.55. The molecule has 1 saturated carbocycles. The minimum Gasteiger partial charge on any atom is -0.396 e. The summed E-state index contributed by atoms with van der Waals surface area (Å²) in [5.74, 6) is 0.621. The quantitative estimate of drug-likeness (QED) is 0.799. The summed E-state index contributed by atoms with van der Waals surface area (Å²) in [5, 5.41) is 10.4. The summed E-state index contributed by atoms with van der Waals surface area (Å²) in [5.41, 5.74) is 3.86. The van der Waals surface area contributed by atoms with Crippen molar-refractivity contribution in [2.75, 3.05) is 24.6 Å². The molecule has 5 rings (SSSR count). The SMILES string of the molecule is CC=C1CN2CCC34c5ccccc5N(C(C)=O)[C@H]3[C@@H](CO)[C@H]1C[C@H]24. The van der Waals surface area contributed by atoms with E-state index >= 15 is 0 Å². The van der Waals surface area contributed by atoms with E-state index in [4.69, 9.17) is 0 Å². The van der Waals surface area contributed by atoms with Crippen LogP contribution in [0.3, 0.4) is 0 Å². The Bertz CT molecular complexity index is 773. The molecular weight excluding hydrogens is 312 g/mol. The standard InChI is InChI=1S/C21H26N2O2/c1-3-14-11-22-9-8-21-17-6-4-5-7-18(17)23(13(2)25)20(21)16(12-24)15(14)10-19(21)22/h3-7,15-16,19-20,24H,8-12H2,1-2H3/t15-,16-,19-,20-,21?/m0/s1. The number of aliphatic hydroxyl groups is 1. The molecule has 1 spiro atoms. The number of anilines is 1. The second-order valence-corrected chi connectivity index (χ2v) is 8.18. The fraction of sp³-hybridized carbons (Fsp3) is 0.571. The van der Waals surface area contributed by atoms with Crippen LogP contribution in [-0.2, 0) is 10.2 Å². The number of nitrogens with zero attached hydrogens (tertiary/aromatic N) is 2. The van der Waals surface area contributed by atoms with Gasteiger partial charge < -0.3 is 10.0 Å². The highest BCUT2D eigenvalue weighted by molar-refractivity contribution is 5.96. The molecule has 2 bridgehead atoms. The largest absolute Gasteiger partial charge is 0.396 e. The molecule has 4 heteroatoms. The summed E-state index contributed by atoms with van der Waals surface area (Å²) in [6.07, 6.45) is 4.44. The number of rotatable bonds is 1. The Labute approximate surface area is 149 Å². The number of amides is 1. The molecule has 1 aliphatic carbocycles. The predicted molar refractivity (Wildman–Crippen MR) is 97.5 cm³/mol. The predicted octanol–water partition coefficient (Wildman–Crippen LogP) is 2.32. The van der Waals surface area contributed by atoms with E-state index in [2.05, 4.69) is 36.1 Å². The Morgan fingerprint density at radius 3 is 2.92 bits per heavy atom. The normalized spacial score (nSPS) is 40.3. The van der Waals surface area contributed by atoms with Crippen LogP contribution in [0.15, 0.2) is 35.9 Å². The maximum atomic E-state index is 12.7. The van der Waals surface area contributed by atoms with E-state index in [9.17, 15) is 9.90 Å². The minimum absolute atomic E-state index is 0.00850. The van der Waals surface area contributed by atoms with E-state index in [0.717, 1.165) is 31.6 Å². The Balaban J connectivity index is 1.77. The van der Waals surface area contributed by atoms with Gasteiger partial charge in [0.05, 0.1) is 6.04 Å². The van der Waals surface area contributed by atoms with Crippen LogP contribution in [0.25, 0.3) is 0 Å².